The van der Waals surface area contributed by atoms with Crippen LogP contribution in [0.3, 0.4) is 0 Å². The van der Waals surface area contributed by atoms with Crippen LogP contribution in [0.2, 0.25) is 0 Å². The van der Waals surface area contributed by atoms with Gasteiger partial charge in [0.25, 0.3) is 0 Å². The molecule has 0 unspecified atom stereocenters. The van der Waals surface area contributed by atoms with Crippen molar-refractivity contribution < 1.29 is 4.79 Å². The first-order valence-corrected chi connectivity index (χ1v) is 6.21. The predicted molar refractivity (Wildman–Crippen MR) is 76.2 cm³/mol. The SMILES string of the molecule is Cn1c(N)c2c3c(cccc31)C(=O)c1ccccc1-2. The molecule has 0 spiro atoms. The second-order valence-electron chi connectivity index (χ2n) is 4.89. The van der Waals surface area contributed by atoms with Gasteiger partial charge in [0.2, 0.25) is 0 Å². The number of nitrogens with zero attached hydrogens (tertiary/aromatic N) is 1. The van der Waals surface area contributed by atoms with Gasteiger partial charge < -0.3 is 10.3 Å². The largest absolute Gasteiger partial charge is 0.385 e. The molecule has 0 bridgehead atoms. The highest BCUT2D eigenvalue weighted by molar-refractivity contribution is 6.27. The van der Waals surface area contributed by atoms with Gasteiger partial charge in [-0.15, -0.1) is 0 Å². The lowest BCUT2D eigenvalue weighted by molar-refractivity contribution is 0.104. The third-order valence-corrected chi connectivity index (χ3v) is 3.96. The van der Waals surface area contributed by atoms with Crippen molar-refractivity contribution in [2.75, 3.05) is 5.73 Å². The number of nitrogens with two attached hydrogens (primary N) is 1. The molecule has 0 saturated carbocycles. The van der Waals surface area contributed by atoms with Gasteiger partial charge in [0.1, 0.15) is 5.82 Å². The average molecular weight is 248 g/mol. The molecule has 0 atom stereocenters. The van der Waals surface area contributed by atoms with E-state index in [0.717, 1.165) is 33.2 Å². The minimum absolute atomic E-state index is 0.0827. The number of benzene rings is 2. The fraction of sp³-hybridized carbons (Fsp3) is 0.0625. The molecular formula is C16H12N2O. The number of aromatic nitrogens is 1. The summed E-state index contributed by atoms with van der Waals surface area (Å²) >= 11 is 0. The Hall–Kier alpha value is -2.55. The molecule has 1 aliphatic carbocycles. The first-order valence-electron chi connectivity index (χ1n) is 6.21. The summed E-state index contributed by atoms with van der Waals surface area (Å²) < 4.78 is 1.95. The van der Waals surface area contributed by atoms with E-state index in [-0.39, 0.29) is 5.78 Å². The number of hydrogen-bond donors (Lipinski definition) is 1. The zero-order chi connectivity index (χ0) is 13.1. The van der Waals surface area contributed by atoms with Gasteiger partial charge in [-0.25, -0.2) is 0 Å². The van der Waals surface area contributed by atoms with Crippen molar-refractivity contribution in [2.24, 2.45) is 7.05 Å². The van der Waals surface area contributed by atoms with Crippen LogP contribution in [0.15, 0.2) is 42.5 Å². The maximum atomic E-state index is 12.6. The topological polar surface area (TPSA) is 48.0 Å². The van der Waals surface area contributed by atoms with E-state index in [1.54, 1.807) is 0 Å². The van der Waals surface area contributed by atoms with Gasteiger partial charge in [-0.1, -0.05) is 36.4 Å². The monoisotopic (exact) mass is 248 g/mol. The van der Waals surface area contributed by atoms with E-state index >= 15 is 0 Å². The molecule has 2 aromatic carbocycles. The van der Waals surface area contributed by atoms with Crippen LogP contribution in [0.4, 0.5) is 5.82 Å². The van der Waals surface area contributed by atoms with E-state index in [1.807, 2.05) is 54.1 Å². The number of anilines is 1. The third kappa shape index (κ3) is 1.10. The van der Waals surface area contributed by atoms with Crippen molar-refractivity contribution in [2.45, 2.75) is 0 Å². The molecule has 0 fully saturated rings. The lowest BCUT2D eigenvalue weighted by Crippen LogP contribution is -2.08. The minimum Gasteiger partial charge on any atom is -0.385 e. The van der Waals surface area contributed by atoms with Gasteiger partial charge >= 0.3 is 0 Å². The van der Waals surface area contributed by atoms with Crippen molar-refractivity contribution in [1.29, 1.82) is 0 Å². The van der Waals surface area contributed by atoms with Crippen molar-refractivity contribution in [3.63, 3.8) is 0 Å². The van der Waals surface area contributed by atoms with E-state index in [2.05, 4.69) is 0 Å². The first kappa shape index (κ1) is 10.4. The zero-order valence-electron chi connectivity index (χ0n) is 10.5. The maximum Gasteiger partial charge on any atom is 0.194 e. The van der Waals surface area contributed by atoms with E-state index in [4.69, 9.17) is 5.73 Å². The highest BCUT2D eigenvalue weighted by Gasteiger charge is 2.28. The number of carbonyl (C=O) groups excluding carboxylic acids is 1. The normalized spacial score (nSPS) is 12.8. The molecule has 0 saturated heterocycles. The molecule has 3 aromatic rings. The minimum atomic E-state index is 0.0827. The average Bonchev–Trinajstić information content (AvgIpc) is 2.70. The Morgan fingerprint density at radius 1 is 0.947 bits per heavy atom. The highest BCUT2D eigenvalue weighted by Crippen LogP contribution is 2.43. The van der Waals surface area contributed by atoms with Crippen molar-refractivity contribution in [1.82, 2.24) is 4.57 Å². The molecule has 1 aromatic heterocycles. The molecule has 19 heavy (non-hydrogen) atoms. The van der Waals surface area contributed by atoms with E-state index in [9.17, 15) is 4.79 Å². The second kappa shape index (κ2) is 3.26. The molecule has 3 nitrogen and oxygen atoms in total. The molecule has 2 N–H and O–H groups in total. The Kier molecular flexibility index (Phi) is 1.78. The smallest absolute Gasteiger partial charge is 0.194 e. The van der Waals surface area contributed by atoms with E-state index in [1.165, 1.54) is 0 Å². The summed E-state index contributed by atoms with van der Waals surface area (Å²) in [6, 6.07) is 13.5. The summed E-state index contributed by atoms with van der Waals surface area (Å²) in [6.45, 7) is 0. The first-order chi connectivity index (χ1) is 9.20. The molecule has 0 aliphatic heterocycles. The van der Waals surface area contributed by atoms with Gasteiger partial charge in [0, 0.05) is 29.1 Å². The molecule has 0 radical (unpaired) electrons. The van der Waals surface area contributed by atoms with Gasteiger partial charge in [0.05, 0.1) is 5.52 Å². The number of aryl methyl sites for hydroxylation is 1. The van der Waals surface area contributed by atoms with Crippen molar-refractivity contribution in [3.8, 4) is 11.1 Å². The highest BCUT2D eigenvalue weighted by atomic mass is 16.1. The van der Waals surface area contributed by atoms with Gasteiger partial charge in [-0.2, -0.15) is 0 Å². The number of hydrogen-bond acceptors (Lipinski definition) is 2. The van der Waals surface area contributed by atoms with Crippen LogP contribution in [0.1, 0.15) is 15.9 Å². The Labute approximate surface area is 110 Å². The molecule has 1 aliphatic rings. The Morgan fingerprint density at radius 3 is 2.42 bits per heavy atom. The van der Waals surface area contributed by atoms with Crippen LogP contribution in [-0.2, 0) is 7.05 Å². The summed E-state index contributed by atoms with van der Waals surface area (Å²) in [5, 5.41) is 0.978. The van der Waals surface area contributed by atoms with Crippen molar-refractivity contribution in [3.05, 3.63) is 53.6 Å². The van der Waals surface area contributed by atoms with Gasteiger partial charge in [-0.3, -0.25) is 4.79 Å². The fourth-order valence-corrected chi connectivity index (χ4v) is 3.01. The van der Waals surface area contributed by atoms with Crippen LogP contribution in [-0.4, -0.2) is 10.4 Å². The fourth-order valence-electron chi connectivity index (χ4n) is 3.01. The summed E-state index contributed by atoms with van der Waals surface area (Å²) in [5.41, 5.74) is 10.7. The second-order valence-corrected chi connectivity index (χ2v) is 4.89. The summed E-state index contributed by atoms with van der Waals surface area (Å²) in [6.07, 6.45) is 0. The number of carbonyl (C=O) groups is 1. The van der Waals surface area contributed by atoms with Crippen LogP contribution < -0.4 is 5.73 Å². The number of ketones is 1. The van der Waals surface area contributed by atoms with E-state index < -0.39 is 0 Å². The Balaban J connectivity index is 2.32. The van der Waals surface area contributed by atoms with Crippen molar-refractivity contribution >= 4 is 22.5 Å². The van der Waals surface area contributed by atoms with Crippen LogP contribution in [0.5, 0.6) is 0 Å². The van der Waals surface area contributed by atoms with Crippen LogP contribution in [0, 0.1) is 0 Å². The quantitative estimate of drug-likeness (QED) is 0.520. The predicted octanol–water partition coefficient (Wildman–Crippen LogP) is 2.97. The van der Waals surface area contributed by atoms with Gasteiger partial charge in [0.15, 0.2) is 5.78 Å². The Morgan fingerprint density at radius 2 is 1.63 bits per heavy atom. The van der Waals surface area contributed by atoms with Gasteiger partial charge in [-0.05, 0) is 11.6 Å². The summed E-state index contributed by atoms with van der Waals surface area (Å²) in [4.78, 5) is 12.6. The third-order valence-electron chi connectivity index (χ3n) is 3.96. The molecule has 1 heterocycles. The lowest BCUT2D eigenvalue weighted by atomic mass is 9.85. The van der Waals surface area contributed by atoms with Crippen LogP contribution in [0.25, 0.3) is 22.0 Å². The summed E-state index contributed by atoms with van der Waals surface area (Å²) in [5.74, 6) is 0.793. The lowest BCUT2D eigenvalue weighted by Gasteiger charge is -2.15. The molecule has 4 rings (SSSR count). The van der Waals surface area contributed by atoms with E-state index in [0.29, 0.717) is 5.82 Å². The standard InChI is InChI=1S/C16H12N2O/c1-18-12-8-4-7-11-13(12)14(16(18)17)9-5-2-3-6-10(9)15(11)19/h2-8H,17H2,1H3. The molecule has 3 heteroatoms. The molecule has 0 amide bonds. The maximum absolute atomic E-state index is 12.6. The van der Waals surface area contributed by atoms with Crippen LogP contribution >= 0.6 is 0 Å². The Bertz CT molecular complexity index is 859. The summed E-state index contributed by atoms with van der Waals surface area (Å²) in [7, 11) is 1.93. The zero-order valence-corrected chi connectivity index (χ0v) is 10.5. The number of nitrogen functional groups attached to an aromatic ring is 1. The molecular weight excluding hydrogens is 236 g/mol. The number of fused-ring (bicyclic) bond motifs is 2. The number of rotatable bonds is 0. The molecule has 92 valence electrons.